The van der Waals surface area contributed by atoms with Crippen LogP contribution in [0.1, 0.15) is 17.4 Å². The Morgan fingerprint density at radius 3 is 2.65 bits per heavy atom. The maximum Gasteiger partial charge on any atom is 0.361 e. The van der Waals surface area contributed by atoms with Crippen LogP contribution in [-0.4, -0.2) is 35.5 Å². The van der Waals surface area contributed by atoms with E-state index in [0.29, 0.717) is 5.16 Å². The third-order valence-electron chi connectivity index (χ3n) is 2.06. The molecule has 0 amide bonds. The van der Waals surface area contributed by atoms with Crippen molar-refractivity contribution in [3.8, 4) is 5.75 Å². The molecule has 0 N–H and O–H groups in total. The summed E-state index contributed by atoms with van der Waals surface area (Å²) in [5.74, 6) is -0.749. The number of thioether (sulfide) groups is 1. The summed E-state index contributed by atoms with van der Waals surface area (Å²) in [4.78, 5) is 27.6. The van der Waals surface area contributed by atoms with Gasteiger partial charge in [0.25, 0.3) is 5.56 Å². The number of ether oxygens (including phenoxy) is 2. The van der Waals surface area contributed by atoms with Gasteiger partial charge in [0.05, 0.1) is 13.7 Å². The molecule has 94 valence electrons. The number of methoxy groups -OCH3 is 1. The van der Waals surface area contributed by atoms with E-state index in [4.69, 9.17) is 9.47 Å². The van der Waals surface area contributed by atoms with Crippen molar-refractivity contribution in [2.45, 2.75) is 12.1 Å². The van der Waals surface area contributed by atoms with Gasteiger partial charge in [-0.05, 0) is 13.2 Å². The minimum atomic E-state index is -0.655. The molecule has 1 heterocycles. The summed E-state index contributed by atoms with van der Waals surface area (Å²) in [7, 11) is 2.89. The van der Waals surface area contributed by atoms with E-state index < -0.39 is 11.5 Å². The SMILES string of the molecule is CCOC(=O)c1nc(SC)n(C)c(=O)c1OC. The minimum absolute atomic E-state index is 0.0817. The lowest BCUT2D eigenvalue weighted by Gasteiger charge is -2.10. The fourth-order valence-electron chi connectivity index (χ4n) is 1.27. The lowest BCUT2D eigenvalue weighted by molar-refractivity contribution is 0.0513. The standard InChI is InChI=1S/C10H14N2O4S/c1-5-16-9(14)6-7(15-3)8(13)12(2)10(11-6)17-4/h5H2,1-4H3. The maximum atomic E-state index is 11.9. The normalized spacial score (nSPS) is 10.1. The first-order valence-corrected chi connectivity index (χ1v) is 6.15. The average molecular weight is 258 g/mol. The zero-order valence-electron chi connectivity index (χ0n) is 10.1. The Labute approximate surface area is 103 Å². The van der Waals surface area contributed by atoms with Crippen LogP contribution in [0.5, 0.6) is 5.75 Å². The predicted octanol–water partition coefficient (Wildman–Crippen LogP) is 0.688. The summed E-state index contributed by atoms with van der Waals surface area (Å²) in [6, 6.07) is 0. The van der Waals surface area contributed by atoms with Crippen molar-refractivity contribution in [1.82, 2.24) is 9.55 Å². The van der Waals surface area contributed by atoms with Gasteiger partial charge in [0.1, 0.15) is 0 Å². The van der Waals surface area contributed by atoms with Crippen molar-refractivity contribution >= 4 is 17.7 Å². The molecule has 0 bridgehead atoms. The van der Waals surface area contributed by atoms with E-state index in [9.17, 15) is 9.59 Å². The van der Waals surface area contributed by atoms with Gasteiger partial charge in [0, 0.05) is 7.05 Å². The number of hydrogen-bond acceptors (Lipinski definition) is 6. The second kappa shape index (κ2) is 5.72. The highest BCUT2D eigenvalue weighted by Gasteiger charge is 2.21. The quantitative estimate of drug-likeness (QED) is 0.449. The molecule has 0 fully saturated rings. The second-order valence-electron chi connectivity index (χ2n) is 3.06. The molecule has 17 heavy (non-hydrogen) atoms. The van der Waals surface area contributed by atoms with E-state index in [0.717, 1.165) is 0 Å². The van der Waals surface area contributed by atoms with E-state index in [1.54, 1.807) is 20.2 Å². The van der Waals surface area contributed by atoms with Gasteiger partial charge in [0.15, 0.2) is 10.9 Å². The summed E-state index contributed by atoms with van der Waals surface area (Å²) < 4.78 is 11.1. The van der Waals surface area contributed by atoms with E-state index >= 15 is 0 Å². The van der Waals surface area contributed by atoms with Gasteiger partial charge >= 0.3 is 5.97 Å². The number of carbonyl (C=O) groups excluding carboxylic acids is 1. The lowest BCUT2D eigenvalue weighted by atomic mass is 10.3. The van der Waals surface area contributed by atoms with Crippen molar-refractivity contribution < 1.29 is 14.3 Å². The van der Waals surface area contributed by atoms with Crippen molar-refractivity contribution in [3.05, 3.63) is 16.0 Å². The van der Waals surface area contributed by atoms with Gasteiger partial charge in [-0.25, -0.2) is 9.78 Å². The van der Waals surface area contributed by atoms with E-state index in [2.05, 4.69) is 4.98 Å². The van der Waals surface area contributed by atoms with E-state index in [1.807, 2.05) is 0 Å². The first-order chi connectivity index (χ1) is 8.06. The molecular formula is C10H14N2O4S. The molecule has 1 aromatic rings. The van der Waals surface area contributed by atoms with Gasteiger partial charge in [-0.3, -0.25) is 9.36 Å². The van der Waals surface area contributed by atoms with Gasteiger partial charge in [-0.15, -0.1) is 0 Å². The fourth-order valence-corrected chi connectivity index (χ4v) is 1.81. The Balaban J connectivity index is 3.43. The molecule has 0 aliphatic heterocycles. The molecule has 0 aliphatic rings. The predicted molar refractivity (Wildman–Crippen MR) is 63.8 cm³/mol. The lowest BCUT2D eigenvalue weighted by Crippen LogP contribution is -2.25. The smallest absolute Gasteiger partial charge is 0.361 e. The molecule has 0 atom stereocenters. The van der Waals surface area contributed by atoms with Gasteiger partial charge in [-0.2, -0.15) is 0 Å². The Hall–Kier alpha value is -1.50. The molecule has 0 saturated heterocycles. The van der Waals surface area contributed by atoms with Crippen LogP contribution < -0.4 is 10.3 Å². The summed E-state index contributed by atoms with van der Waals surface area (Å²) in [6.07, 6.45) is 1.77. The zero-order chi connectivity index (χ0) is 13.0. The number of esters is 1. The summed E-state index contributed by atoms with van der Waals surface area (Å²) in [6.45, 7) is 1.90. The third-order valence-corrected chi connectivity index (χ3v) is 2.79. The number of hydrogen-bond donors (Lipinski definition) is 0. The molecule has 1 aromatic heterocycles. The number of aromatic nitrogens is 2. The molecule has 0 unspecified atom stereocenters. The largest absolute Gasteiger partial charge is 0.489 e. The monoisotopic (exact) mass is 258 g/mol. The molecule has 0 radical (unpaired) electrons. The number of rotatable bonds is 4. The van der Waals surface area contributed by atoms with Gasteiger partial charge in [-0.1, -0.05) is 11.8 Å². The highest BCUT2D eigenvalue weighted by molar-refractivity contribution is 7.98. The average Bonchev–Trinajstić information content (AvgIpc) is 2.32. The Morgan fingerprint density at radius 2 is 2.18 bits per heavy atom. The highest BCUT2D eigenvalue weighted by atomic mass is 32.2. The van der Waals surface area contributed by atoms with Crippen LogP contribution in [0.2, 0.25) is 0 Å². The van der Waals surface area contributed by atoms with Crippen LogP contribution in [0.4, 0.5) is 0 Å². The van der Waals surface area contributed by atoms with Gasteiger partial charge < -0.3 is 9.47 Å². The van der Waals surface area contributed by atoms with Crippen LogP contribution in [0.15, 0.2) is 9.95 Å². The summed E-state index contributed by atoms with van der Waals surface area (Å²) >= 11 is 1.27. The first kappa shape index (κ1) is 13.6. The molecule has 6 nitrogen and oxygen atoms in total. The number of nitrogens with zero attached hydrogens (tertiary/aromatic N) is 2. The van der Waals surface area contributed by atoms with Crippen molar-refractivity contribution in [2.24, 2.45) is 7.05 Å². The summed E-state index contributed by atoms with van der Waals surface area (Å²) in [5, 5.41) is 0.429. The Morgan fingerprint density at radius 1 is 1.53 bits per heavy atom. The molecule has 0 spiro atoms. The summed E-state index contributed by atoms with van der Waals surface area (Å²) in [5.41, 5.74) is -0.489. The van der Waals surface area contributed by atoms with E-state index in [1.165, 1.54) is 23.4 Å². The molecule has 1 rings (SSSR count). The van der Waals surface area contributed by atoms with Gasteiger partial charge in [0.2, 0.25) is 5.75 Å². The van der Waals surface area contributed by atoms with Crippen LogP contribution in [0.25, 0.3) is 0 Å². The molecule has 0 saturated carbocycles. The zero-order valence-corrected chi connectivity index (χ0v) is 11.0. The molecule has 0 aromatic carbocycles. The van der Waals surface area contributed by atoms with E-state index in [-0.39, 0.29) is 18.1 Å². The van der Waals surface area contributed by atoms with Crippen molar-refractivity contribution in [1.29, 1.82) is 0 Å². The molecule has 7 heteroatoms. The van der Waals surface area contributed by atoms with Crippen molar-refractivity contribution in [3.63, 3.8) is 0 Å². The Kier molecular flexibility index (Phi) is 4.56. The minimum Gasteiger partial charge on any atom is -0.489 e. The van der Waals surface area contributed by atoms with Crippen LogP contribution in [-0.2, 0) is 11.8 Å². The topological polar surface area (TPSA) is 70.4 Å². The third kappa shape index (κ3) is 2.60. The maximum absolute atomic E-state index is 11.9. The van der Waals surface area contributed by atoms with Crippen LogP contribution >= 0.6 is 11.8 Å². The number of carbonyl (C=O) groups is 1. The Bertz CT molecular complexity index is 484. The molecule has 0 aliphatic carbocycles. The van der Waals surface area contributed by atoms with Crippen molar-refractivity contribution in [2.75, 3.05) is 20.0 Å². The second-order valence-corrected chi connectivity index (χ2v) is 3.84. The highest BCUT2D eigenvalue weighted by Crippen LogP contribution is 2.16. The fraction of sp³-hybridized carbons (Fsp3) is 0.500. The first-order valence-electron chi connectivity index (χ1n) is 4.92. The van der Waals surface area contributed by atoms with Crippen LogP contribution in [0.3, 0.4) is 0 Å². The molecular weight excluding hydrogens is 244 g/mol. The van der Waals surface area contributed by atoms with Crippen LogP contribution in [0, 0.1) is 0 Å².